The fourth-order valence-electron chi connectivity index (χ4n) is 2.29. The van der Waals surface area contributed by atoms with Crippen LogP contribution in [0.5, 0.6) is 0 Å². The molecule has 0 radical (unpaired) electrons. The third kappa shape index (κ3) is 4.34. The number of carbonyl (C=O) groups excluding carboxylic acids is 1. The van der Waals surface area contributed by atoms with E-state index in [1.54, 1.807) is 11.8 Å². The van der Waals surface area contributed by atoms with Gasteiger partial charge in [-0.25, -0.2) is 0 Å². The van der Waals surface area contributed by atoms with Gasteiger partial charge in [-0.3, -0.25) is 4.79 Å². The molecule has 1 fully saturated rings. The number of hydrogen-bond donors (Lipinski definition) is 1. The number of carbonyl (C=O) groups is 1. The highest BCUT2D eigenvalue weighted by atomic mass is 32.2. The number of hydrogen-bond acceptors (Lipinski definition) is 3. The Morgan fingerprint density at radius 1 is 1.50 bits per heavy atom. The Morgan fingerprint density at radius 3 is 3.00 bits per heavy atom. The van der Waals surface area contributed by atoms with Crippen molar-refractivity contribution in [1.82, 2.24) is 4.90 Å². The molecule has 16 heavy (non-hydrogen) atoms. The largest absolute Gasteiger partial charge is 0.396 e. The van der Waals surface area contributed by atoms with E-state index in [2.05, 4.69) is 6.26 Å². The van der Waals surface area contributed by atoms with Crippen molar-refractivity contribution < 1.29 is 9.90 Å². The van der Waals surface area contributed by atoms with Gasteiger partial charge in [0.25, 0.3) is 0 Å². The van der Waals surface area contributed by atoms with Crippen LogP contribution >= 0.6 is 11.8 Å². The first kappa shape index (κ1) is 13.8. The number of amides is 1. The Morgan fingerprint density at radius 2 is 2.31 bits per heavy atom. The minimum absolute atomic E-state index is 0.194. The van der Waals surface area contributed by atoms with Crippen LogP contribution in [-0.2, 0) is 4.79 Å². The van der Waals surface area contributed by atoms with E-state index in [1.807, 2.05) is 4.90 Å². The van der Waals surface area contributed by atoms with Crippen LogP contribution in [0.4, 0.5) is 0 Å². The summed E-state index contributed by atoms with van der Waals surface area (Å²) in [4.78, 5) is 14.0. The molecule has 0 aromatic heterocycles. The highest BCUT2D eigenvalue weighted by Gasteiger charge is 2.25. The van der Waals surface area contributed by atoms with Crippen molar-refractivity contribution >= 4 is 17.7 Å². The van der Waals surface area contributed by atoms with Gasteiger partial charge in [0.1, 0.15) is 0 Å². The van der Waals surface area contributed by atoms with Gasteiger partial charge in [0.2, 0.25) is 5.91 Å². The topological polar surface area (TPSA) is 40.5 Å². The second-order valence-corrected chi connectivity index (χ2v) is 5.33. The molecule has 1 rings (SSSR count). The molecule has 0 spiro atoms. The van der Waals surface area contributed by atoms with E-state index in [0.717, 1.165) is 38.0 Å². The molecule has 4 heteroatoms. The zero-order valence-corrected chi connectivity index (χ0v) is 11.0. The molecule has 0 aliphatic carbocycles. The summed E-state index contributed by atoms with van der Waals surface area (Å²) in [5.74, 6) is 1.34. The molecule has 94 valence electrons. The molecule has 0 aromatic carbocycles. The fraction of sp³-hybridized carbons (Fsp3) is 0.917. The number of aliphatic hydroxyl groups is 1. The first-order valence-electron chi connectivity index (χ1n) is 6.19. The molecule has 1 saturated heterocycles. The van der Waals surface area contributed by atoms with Crippen molar-refractivity contribution in [2.24, 2.45) is 0 Å². The van der Waals surface area contributed by atoms with Gasteiger partial charge >= 0.3 is 0 Å². The van der Waals surface area contributed by atoms with Gasteiger partial charge in [0, 0.05) is 25.6 Å². The molecule has 0 bridgehead atoms. The second-order valence-electron chi connectivity index (χ2n) is 4.35. The van der Waals surface area contributed by atoms with Crippen LogP contribution in [0.1, 0.15) is 38.5 Å². The number of rotatable bonds is 6. The Hall–Kier alpha value is -0.220. The zero-order valence-electron chi connectivity index (χ0n) is 10.2. The van der Waals surface area contributed by atoms with E-state index >= 15 is 0 Å². The summed E-state index contributed by atoms with van der Waals surface area (Å²) in [5, 5.41) is 8.99. The molecular weight excluding hydrogens is 222 g/mol. The molecule has 1 atom stereocenters. The maximum atomic E-state index is 12.0. The van der Waals surface area contributed by atoms with Gasteiger partial charge in [0.05, 0.1) is 0 Å². The smallest absolute Gasteiger partial charge is 0.222 e. The summed E-state index contributed by atoms with van der Waals surface area (Å²) in [7, 11) is 0. The van der Waals surface area contributed by atoms with Crippen LogP contribution < -0.4 is 0 Å². The summed E-state index contributed by atoms with van der Waals surface area (Å²) in [6, 6.07) is 0.292. The van der Waals surface area contributed by atoms with Crippen molar-refractivity contribution in [3.8, 4) is 0 Å². The van der Waals surface area contributed by atoms with E-state index in [0.29, 0.717) is 12.5 Å². The SMILES string of the molecule is CSCCCC(=O)N1CCCCC1CCO. The Labute approximate surface area is 103 Å². The fourth-order valence-corrected chi connectivity index (χ4v) is 2.72. The average molecular weight is 245 g/mol. The summed E-state index contributed by atoms with van der Waals surface area (Å²) in [5.41, 5.74) is 0. The molecule has 0 saturated carbocycles. The lowest BCUT2D eigenvalue weighted by Crippen LogP contribution is -2.44. The number of thioether (sulfide) groups is 1. The minimum atomic E-state index is 0.194. The van der Waals surface area contributed by atoms with Gasteiger partial charge < -0.3 is 10.0 Å². The molecule has 1 aliphatic rings. The third-order valence-electron chi connectivity index (χ3n) is 3.15. The molecular formula is C12H23NO2S. The van der Waals surface area contributed by atoms with E-state index in [1.165, 1.54) is 6.42 Å². The van der Waals surface area contributed by atoms with Crippen LogP contribution in [0.25, 0.3) is 0 Å². The molecule has 3 nitrogen and oxygen atoms in total. The zero-order chi connectivity index (χ0) is 11.8. The number of likely N-dealkylation sites (tertiary alicyclic amines) is 1. The highest BCUT2D eigenvalue weighted by Crippen LogP contribution is 2.20. The monoisotopic (exact) mass is 245 g/mol. The molecule has 1 aliphatic heterocycles. The summed E-state index contributed by atoms with van der Waals surface area (Å²) >= 11 is 1.79. The average Bonchev–Trinajstić information content (AvgIpc) is 2.30. The Kier molecular flexibility index (Phi) is 6.88. The van der Waals surface area contributed by atoms with Crippen LogP contribution in [0.3, 0.4) is 0 Å². The van der Waals surface area contributed by atoms with Crippen LogP contribution in [0.2, 0.25) is 0 Å². The quantitative estimate of drug-likeness (QED) is 0.727. The second kappa shape index (κ2) is 7.96. The third-order valence-corrected chi connectivity index (χ3v) is 3.85. The van der Waals surface area contributed by atoms with E-state index in [-0.39, 0.29) is 12.5 Å². The summed E-state index contributed by atoms with van der Waals surface area (Å²) in [6.45, 7) is 1.09. The van der Waals surface area contributed by atoms with Gasteiger partial charge in [-0.05, 0) is 44.1 Å². The van der Waals surface area contributed by atoms with Crippen LogP contribution in [0, 0.1) is 0 Å². The lowest BCUT2D eigenvalue weighted by molar-refractivity contribution is -0.135. The minimum Gasteiger partial charge on any atom is -0.396 e. The lowest BCUT2D eigenvalue weighted by atomic mass is 9.99. The standard InChI is InChI=1S/C12H23NO2S/c1-16-10-4-6-12(15)13-8-3-2-5-11(13)7-9-14/h11,14H,2-10H2,1H3. The van der Waals surface area contributed by atoms with Gasteiger partial charge in [-0.1, -0.05) is 0 Å². The number of aliphatic hydroxyl groups excluding tert-OH is 1. The molecule has 1 heterocycles. The first-order chi connectivity index (χ1) is 7.79. The van der Waals surface area contributed by atoms with Crippen molar-refractivity contribution in [1.29, 1.82) is 0 Å². The maximum Gasteiger partial charge on any atom is 0.222 e. The number of nitrogens with zero attached hydrogens (tertiary/aromatic N) is 1. The molecule has 1 N–H and O–H groups in total. The van der Waals surface area contributed by atoms with Crippen LogP contribution in [-0.4, -0.2) is 47.1 Å². The van der Waals surface area contributed by atoms with Gasteiger partial charge in [0.15, 0.2) is 0 Å². The molecule has 1 amide bonds. The first-order valence-corrected chi connectivity index (χ1v) is 7.58. The molecule has 0 aromatic rings. The van der Waals surface area contributed by atoms with Gasteiger partial charge in [-0.2, -0.15) is 11.8 Å². The maximum absolute atomic E-state index is 12.0. The lowest BCUT2D eigenvalue weighted by Gasteiger charge is -2.35. The normalized spacial score (nSPS) is 21.1. The number of piperidine rings is 1. The van der Waals surface area contributed by atoms with E-state index in [4.69, 9.17) is 5.11 Å². The predicted octanol–water partition coefficient (Wildman–Crippen LogP) is 1.89. The summed E-state index contributed by atoms with van der Waals surface area (Å²) < 4.78 is 0. The Balaban J connectivity index is 2.37. The highest BCUT2D eigenvalue weighted by molar-refractivity contribution is 7.98. The predicted molar refractivity (Wildman–Crippen MR) is 68.7 cm³/mol. The van der Waals surface area contributed by atoms with E-state index < -0.39 is 0 Å². The molecule has 1 unspecified atom stereocenters. The Bertz CT molecular complexity index is 209. The summed E-state index contributed by atoms with van der Waals surface area (Å²) in [6.07, 6.45) is 7.84. The van der Waals surface area contributed by atoms with Crippen molar-refractivity contribution in [2.75, 3.05) is 25.2 Å². The van der Waals surface area contributed by atoms with Crippen LogP contribution in [0.15, 0.2) is 0 Å². The van der Waals surface area contributed by atoms with Gasteiger partial charge in [-0.15, -0.1) is 0 Å². The van der Waals surface area contributed by atoms with E-state index in [9.17, 15) is 4.79 Å². The van der Waals surface area contributed by atoms with Crippen molar-refractivity contribution in [2.45, 2.75) is 44.6 Å². The van der Waals surface area contributed by atoms with Crippen molar-refractivity contribution in [3.05, 3.63) is 0 Å². The van der Waals surface area contributed by atoms with Crippen molar-refractivity contribution in [3.63, 3.8) is 0 Å².